The fraction of sp³-hybridized carbons (Fsp3) is 0.250. The van der Waals surface area contributed by atoms with Gasteiger partial charge in [0.25, 0.3) is 0 Å². The Balaban J connectivity index is 2.83. The number of carboxylic acid groups (broad SMARTS) is 1. The molecule has 8 heteroatoms. The number of esters is 1. The Morgan fingerprint density at radius 2 is 1.90 bits per heavy atom. The highest BCUT2D eigenvalue weighted by Crippen LogP contribution is 2.18. The van der Waals surface area contributed by atoms with E-state index in [1.54, 1.807) is 0 Å². The summed E-state index contributed by atoms with van der Waals surface area (Å²) in [6.45, 7) is -0.895. The fourth-order valence-corrected chi connectivity index (χ4v) is 1.48. The third-order valence-corrected chi connectivity index (χ3v) is 2.54. The Labute approximate surface area is 120 Å². The second-order valence-electron chi connectivity index (χ2n) is 3.69. The van der Waals surface area contributed by atoms with Gasteiger partial charge in [-0.15, -0.1) is 0 Å². The highest BCUT2D eigenvalue weighted by molar-refractivity contribution is 6.30. The Hall–Kier alpha value is -2.28. The summed E-state index contributed by atoms with van der Waals surface area (Å²) in [6, 6.07) is 5.34. The van der Waals surface area contributed by atoms with Crippen molar-refractivity contribution >= 4 is 35.3 Å². The fourth-order valence-electron chi connectivity index (χ4n) is 1.35. The first-order valence-electron chi connectivity index (χ1n) is 5.53. The molecule has 0 aliphatic heterocycles. The number of nitrogens with zero attached hydrogens (tertiary/aromatic N) is 1. The smallest absolute Gasteiger partial charge is 0.325 e. The molecule has 2 amide bonds. The highest BCUT2D eigenvalue weighted by atomic mass is 35.5. The molecular formula is C12H13ClN2O5. The molecule has 1 rings (SSSR count). The molecule has 0 aromatic heterocycles. The maximum atomic E-state index is 11.9. The molecule has 0 saturated heterocycles. The van der Waals surface area contributed by atoms with E-state index in [2.05, 4.69) is 10.1 Å². The number of carbonyl (C=O) groups is 3. The van der Waals surface area contributed by atoms with E-state index in [0.717, 1.165) is 4.90 Å². The number of carboxylic acids is 1. The average Bonchev–Trinajstić information content (AvgIpc) is 2.42. The number of urea groups is 1. The summed E-state index contributed by atoms with van der Waals surface area (Å²) < 4.78 is 4.38. The lowest BCUT2D eigenvalue weighted by atomic mass is 10.3. The molecule has 20 heavy (non-hydrogen) atoms. The number of carbonyl (C=O) groups excluding carboxylic acids is 2. The Bertz CT molecular complexity index is 503. The zero-order valence-corrected chi connectivity index (χ0v) is 11.4. The second-order valence-corrected chi connectivity index (χ2v) is 4.13. The molecular weight excluding hydrogens is 288 g/mol. The molecule has 108 valence electrons. The summed E-state index contributed by atoms with van der Waals surface area (Å²) in [7, 11) is 1.18. The van der Waals surface area contributed by atoms with E-state index in [0.29, 0.717) is 10.7 Å². The number of hydrogen-bond donors (Lipinski definition) is 2. The molecule has 0 spiro atoms. The predicted octanol–water partition coefficient (Wildman–Crippen LogP) is 1.11. The summed E-state index contributed by atoms with van der Waals surface area (Å²) in [5.41, 5.74) is 0.346. The van der Waals surface area contributed by atoms with E-state index in [1.807, 2.05) is 0 Å². The van der Waals surface area contributed by atoms with E-state index in [4.69, 9.17) is 16.7 Å². The molecule has 1 aromatic carbocycles. The van der Waals surface area contributed by atoms with Crippen molar-refractivity contribution in [3.63, 3.8) is 0 Å². The molecule has 0 saturated carbocycles. The Morgan fingerprint density at radius 1 is 1.30 bits per heavy atom. The lowest BCUT2D eigenvalue weighted by molar-refractivity contribution is -0.139. The maximum absolute atomic E-state index is 11.9. The van der Waals surface area contributed by atoms with Gasteiger partial charge in [0.15, 0.2) is 0 Å². The standard InChI is InChI=1S/C12H13ClN2O5/c1-20-11(18)6-14-12(19)15(7-10(16)17)9-4-2-8(13)3-5-9/h2-5H,6-7H2,1H3,(H,14,19)(H,16,17). The molecule has 2 N–H and O–H groups in total. The van der Waals surface area contributed by atoms with Crippen molar-refractivity contribution in [2.75, 3.05) is 25.1 Å². The first-order chi connectivity index (χ1) is 9.43. The van der Waals surface area contributed by atoms with Crippen molar-refractivity contribution in [2.24, 2.45) is 0 Å². The molecule has 0 fully saturated rings. The summed E-state index contributed by atoms with van der Waals surface area (Å²) in [5.74, 6) is -1.82. The SMILES string of the molecule is COC(=O)CNC(=O)N(CC(=O)O)c1ccc(Cl)cc1. The number of anilines is 1. The monoisotopic (exact) mass is 300 g/mol. The van der Waals surface area contributed by atoms with Crippen LogP contribution >= 0.6 is 11.6 Å². The molecule has 0 aliphatic rings. The van der Waals surface area contributed by atoms with E-state index in [1.165, 1.54) is 31.4 Å². The molecule has 0 bridgehead atoms. The van der Waals surface area contributed by atoms with Crippen molar-refractivity contribution in [1.82, 2.24) is 5.32 Å². The van der Waals surface area contributed by atoms with E-state index in [-0.39, 0.29) is 6.54 Å². The molecule has 0 atom stereocenters. The number of hydrogen-bond acceptors (Lipinski definition) is 4. The lowest BCUT2D eigenvalue weighted by Gasteiger charge is -2.21. The van der Waals surface area contributed by atoms with Crippen LogP contribution < -0.4 is 10.2 Å². The molecule has 0 radical (unpaired) electrons. The van der Waals surface area contributed by atoms with Gasteiger partial charge in [-0.1, -0.05) is 11.6 Å². The first kappa shape index (κ1) is 15.8. The molecule has 0 heterocycles. The maximum Gasteiger partial charge on any atom is 0.325 e. The van der Waals surface area contributed by atoms with Crippen LogP contribution in [-0.4, -0.2) is 43.3 Å². The first-order valence-corrected chi connectivity index (χ1v) is 5.91. The number of methoxy groups -OCH3 is 1. The van der Waals surface area contributed by atoms with Gasteiger partial charge >= 0.3 is 18.0 Å². The van der Waals surface area contributed by atoms with Crippen LogP contribution in [0.15, 0.2) is 24.3 Å². The van der Waals surface area contributed by atoms with E-state index in [9.17, 15) is 14.4 Å². The third kappa shape index (κ3) is 4.77. The number of rotatable bonds is 5. The largest absolute Gasteiger partial charge is 0.480 e. The summed E-state index contributed by atoms with van der Waals surface area (Å²) in [4.78, 5) is 34.6. The molecule has 1 aromatic rings. The van der Waals surface area contributed by atoms with Crippen molar-refractivity contribution in [3.8, 4) is 0 Å². The van der Waals surface area contributed by atoms with Gasteiger partial charge in [-0.05, 0) is 24.3 Å². The summed E-state index contributed by atoms with van der Waals surface area (Å²) in [5, 5.41) is 11.6. The number of halogens is 1. The van der Waals surface area contributed by atoms with Crippen LogP contribution in [0.4, 0.5) is 10.5 Å². The minimum Gasteiger partial charge on any atom is -0.480 e. The highest BCUT2D eigenvalue weighted by Gasteiger charge is 2.19. The second kappa shape index (κ2) is 7.34. The van der Waals surface area contributed by atoms with Crippen LogP contribution in [0, 0.1) is 0 Å². The van der Waals surface area contributed by atoms with Crippen LogP contribution in [0.2, 0.25) is 5.02 Å². The summed E-state index contributed by atoms with van der Waals surface area (Å²) in [6.07, 6.45) is 0. The third-order valence-electron chi connectivity index (χ3n) is 2.29. The Morgan fingerprint density at radius 3 is 2.40 bits per heavy atom. The zero-order chi connectivity index (χ0) is 15.1. The minimum absolute atomic E-state index is 0.346. The average molecular weight is 301 g/mol. The summed E-state index contributed by atoms with van der Waals surface area (Å²) >= 11 is 5.73. The molecule has 7 nitrogen and oxygen atoms in total. The van der Waals surface area contributed by atoms with Gasteiger partial charge in [0, 0.05) is 10.7 Å². The number of aliphatic carboxylic acids is 1. The van der Waals surface area contributed by atoms with E-state index >= 15 is 0 Å². The van der Waals surface area contributed by atoms with Gasteiger partial charge < -0.3 is 15.2 Å². The van der Waals surface area contributed by atoms with Gasteiger partial charge in [-0.2, -0.15) is 0 Å². The topological polar surface area (TPSA) is 95.9 Å². The van der Waals surface area contributed by atoms with Crippen LogP contribution in [0.5, 0.6) is 0 Å². The van der Waals surface area contributed by atoms with Gasteiger partial charge in [0.05, 0.1) is 7.11 Å². The van der Waals surface area contributed by atoms with Crippen molar-refractivity contribution in [3.05, 3.63) is 29.3 Å². The Kier molecular flexibility index (Phi) is 5.79. The van der Waals surface area contributed by atoms with Crippen LogP contribution in [-0.2, 0) is 14.3 Å². The number of nitrogens with one attached hydrogen (secondary N) is 1. The predicted molar refractivity (Wildman–Crippen MR) is 71.8 cm³/mol. The molecule has 0 aliphatic carbocycles. The minimum atomic E-state index is -1.19. The van der Waals surface area contributed by atoms with Crippen LogP contribution in [0.3, 0.4) is 0 Å². The zero-order valence-electron chi connectivity index (χ0n) is 10.6. The number of benzene rings is 1. The van der Waals surface area contributed by atoms with Gasteiger partial charge in [0.2, 0.25) is 0 Å². The normalized spacial score (nSPS) is 9.70. The van der Waals surface area contributed by atoms with Gasteiger partial charge in [-0.3, -0.25) is 14.5 Å². The number of amides is 2. The van der Waals surface area contributed by atoms with Crippen molar-refractivity contribution < 1.29 is 24.2 Å². The van der Waals surface area contributed by atoms with Gasteiger partial charge in [0.1, 0.15) is 13.1 Å². The van der Waals surface area contributed by atoms with Gasteiger partial charge in [-0.25, -0.2) is 4.79 Å². The van der Waals surface area contributed by atoms with Crippen LogP contribution in [0.25, 0.3) is 0 Å². The lowest BCUT2D eigenvalue weighted by Crippen LogP contribution is -2.44. The van der Waals surface area contributed by atoms with Crippen LogP contribution in [0.1, 0.15) is 0 Å². The van der Waals surface area contributed by atoms with Crippen molar-refractivity contribution in [1.29, 1.82) is 0 Å². The van der Waals surface area contributed by atoms with E-state index < -0.39 is 24.5 Å². The van der Waals surface area contributed by atoms with Crippen molar-refractivity contribution in [2.45, 2.75) is 0 Å². The number of ether oxygens (including phenoxy) is 1. The quantitative estimate of drug-likeness (QED) is 0.794. The molecule has 0 unspecified atom stereocenters.